The second-order valence-corrected chi connectivity index (χ2v) is 6.85. The van der Waals surface area contributed by atoms with Crippen LogP contribution in [0, 0.1) is 5.82 Å². The minimum Gasteiger partial charge on any atom is -0.494 e. The summed E-state index contributed by atoms with van der Waals surface area (Å²) in [6, 6.07) is 11.5. The van der Waals surface area contributed by atoms with Gasteiger partial charge >= 0.3 is 0 Å². The molecule has 2 rings (SSSR count). The Bertz CT molecular complexity index is 634. The molecular weight excluding hydrogens is 313 g/mol. The van der Waals surface area contributed by atoms with Crippen molar-refractivity contribution < 1.29 is 9.13 Å². The van der Waals surface area contributed by atoms with Crippen LogP contribution >= 0.6 is 0 Å². The largest absolute Gasteiger partial charge is 0.494 e. The predicted molar refractivity (Wildman–Crippen MR) is 102 cm³/mol. The number of methoxy groups -OCH3 is 1. The lowest BCUT2D eigenvalue weighted by Crippen LogP contribution is -2.30. The van der Waals surface area contributed by atoms with E-state index in [-0.39, 0.29) is 11.2 Å². The van der Waals surface area contributed by atoms with Crippen molar-refractivity contribution >= 4 is 0 Å². The molecule has 2 nitrogen and oxygen atoms in total. The van der Waals surface area contributed by atoms with Crippen molar-refractivity contribution in [2.45, 2.75) is 64.2 Å². The van der Waals surface area contributed by atoms with E-state index >= 15 is 0 Å². The lowest BCUT2D eigenvalue weighted by molar-refractivity contribution is 0.328. The number of aromatic nitrogens is 1. The molecule has 0 aliphatic carbocycles. The molecule has 0 aliphatic heterocycles. The fourth-order valence-electron chi connectivity index (χ4n) is 3.57. The second-order valence-electron chi connectivity index (χ2n) is 6.85. The molecule has 0 saturated carbocycles. The van der Waals surface area contributed by atoms with Gasteiger partial charge in [-0.25, -0.2) is 4.39 Å². The van der Waals surface area contributed by atoms with Crippen LogP contribution < -0.4 is 4.74 Å². The average Bonchev–Trinajstić information content (AvgIpc) is 2.65. The summed E-state index contributed by atoms with van der Waals surface area (Å²) >= 11 is 0. The normalized spacial score (nSPS) is 11.5. The number of nitrogens with zero attached hydrogens (tertiary/aromatic N) is 1. The molecule has 0 radical (unpaired) electrons. The van der Waals surface area contributed by atoms with Gasteiger partial charge in [-0.3, -0.25) is 4.98 Å². The molecule has 0 fully saturated rings. The fraction of sp³-hybridized carbons (Fsp3) is 0.500. The number of rotatable bonds is 10. The Balaban J connectivity index is 2.39. The van der Waals surface area contributed by atoms with Crippen LogP contribution in [0.25, 0.3) is 0 Å². The lowest BCUT2D eigenvalue weighted by atomic mass is 9.71. The topological polar surface area (TPSA) is 22.1 Å². The van der Waals surface area contributed by atoms with Crippen LogP contribution in [0.4, 0.5) is 4.39 Å². The standard InChI is InChI=1S/C22H30FNO/c1-4-6-13-22(14-7-5-2,21-10-8-9-15-24-21)17-18-11-12-20(25-3)19(23)16-18/h8-12,15-16H,4-7,13-14,17H2,1-3H3. The smallest absolute Gasteiger partial charge is 0.165 e. The summed E-state index contributed by atoms with van der Waals surface area (Å²) in [6.07, 6.45) is 9.44. The molecule has 0 bridgehead atoms. The maximum Gasteiger partial charge on any atom is 0.165 e. The van der Waals surface area contributed by atoms with Gasteiger partial charge in [0.1, 0.15) is 0 Å². The van der Waals surface area contributed by atoms with Gasteiger partial charge in [0, 0.05) is 17.3 Å². The van der Waals surface area contributed by atoms with E-state index in [9.17, 15) is 4.39 Å². The first kappa shape index (κ1) is 19.4. The van der Waals surface area contributed by atoms with E-state index in [2.05, 4.69) is 26.0 Å². The Kier molecular flexibility index (Phi) is 7.42. The van der Waals surface area contributed by atoms with Gasteiger partial charge < -0.3 is 4.74 Å². The zero-order valence-corrected chi connectivity index (χ0v) is 15.7. The molecule has 136 valence electrons. The fourth-order valence-corrected chi connectivity index (χ4v) is 3.57. The second kappa shape index (κ2) is 9.55. The van der Waals surface area contributed by atoms with Crippen LogP contribution in [0.1, 0.15) is 63.6 Å². The quantitative estimate of drug-likeness (QED) is 0.521. The summed E-state index contributed by atoms with van der Waals surface area (Å²) in [6.45, 7) is 4.44. The number of benzene rings is 1. The minimum absolute atomic E-state index is 0.0334. The Hall–Kier alpha value is -1.90. The highest BCUT2D eigenvalue weighted by atomic mass is 19.1. The van der Waals surface area contributed by atoms with Crippen molar-refractivity contribution in [2.75, 3.05) is 7.11 Å². The maximum absolute atomic E-state index is 14.2. The molecule has 3 heteroatoms. The van der Waals surface area contributed by atoms with Crippen LogP contribution in [0.15, 0.2) is 42.6 Å². The number of hydrogen-bond acceptors (Lipinski definition) is 2. The van der Waals surface area contributed by atoms with E-state index in [4.69, 9.17) is 9.72 Å². The van der Waals surface area contributed by atoms with Gasteiger partial charge in [-0.05, 0) is 49.1 Å². The Morgan fingerprint density at radius 2 is 1.76 bits per heavy atom. The summed E-state index contributed by atoms with van der Waals surface area (Å²) in [7, 11) is 1.50. The van der Waals surface area contributed by atoms with Crippen LogP contribution in [0.5, 0.6) is 5.75 Å². The van der Waals surface area contributed by atoms with Crippen molar-refractivity contribution in [2.24, 2.45) is 0 Å². The summed E-state index contributed by atoms with van der Waals surface area (Å²) in [4.78, 5) is 4.69. The van der Waals surface area contributed by atoms with Crippen LogP contribution in [0.2, 0.25) is 0 Å². The molecule has 0 amide bonds. The van der Waals surface area contributed by atoms with Gasteiger partial charge in [0.2, 0.25) is 0 Å². The molecule has 0 N–H and O–H groups in total. The first-order valence-corrected chi connectivity index (χ1v) is 9.39. The number of pyridine rings is 1. The SMILES string of the molecule is CCCCC(CCCC)(Cc1ccc(OC)c(F)c1)c1ccccn1. The highest BCUT2D eigenvalue weighted by Crippen LogP contribution is 2.38. The first-order chi connectivity index (χ1) is 12.1. The third-order valence-electron chi connectivity index (χ3n) is 4.98. The molecule has 0 atom stereocenters. The zero-order valence-electron chi connectivity index (χ0n) is 15.7. The van der Waals surface area contributed by atoms with E-state index in [0.29, 0.717) is 5.75 Å². The van der Waals surface area contributed by atoms with E-state index in [0.717, 1.165) is 56.2 Å². The zero-order chi connectivity index (χ0) is 18.1. The summed E-state index contributed by atoms with van der Waals surface area (Å²) in [5, 5.41) is 0. The highest BCUT2D eigenvalue weighted by Gasteiger charge is 2.32. The summed E-state index contributed by atoms with van der Waals surface area (Å²) < 4.78 is 19.2. The first-order valence-electron chi connectivity index (χ1n) is 9.39. The molecule has 0 saturated heterocycles. The lowest BCUT2D eigenvalue weighted by Gasteiger charge is -2.34. The number of hydrogen-bond donors (Lipinski definition) is 0. The van der Waals surface area contributed by atoms with E-state index < -0.39 is 0 Å². The number of halogens is 1. The van der Waals surface area contributed by atoms with Gasteiger partial charge in [0.15, 0.2) is 11.6 Å². The maximum atomic E-state index is 14.2. The minimum atomic E-state index is -0.291. The summed E-state index contributed by atoms with van der Waals surface area (Å²) in [5.74, 6) is 0.00945. The van der Waals surface area contributed by atoms with Gasteiger partial charge in [0.05, 0.1) is 7.11 Å². The van der Waals surface area contributed by atoms with E-state index in [1.165, 1.54) is 7.11 Å². The van der Waals surface area contributed by atoms with Crippen LogP contribution in [0.3, 0.4) is 0 Å². The van der Waals surface area contributed by atoms with Gasteiger partial charge in [-0.2, -0.15) is 0 Å². The van der Waals surface area contributed by atoms with Crippen molar-refractivity contribution in [1.29, 1.82) is 0 Å². The van der Waals surface area contributed by atoms with Crippen molar-refractivity contribution in [3.8, 4) is 5.75 Å². The molecule has 1 aromatic heterocycles. The van der Waals surface area contributed by atoms with Crippen molar-refractivity contribution in [1.82, 2.24) is 4.98 Å². The van der Waals surface area contributed by atoms with Gasteiger partial charge in [-0.1, -0.05) is 51.7 Å². The molecular formula is C22H30FNO. The Labute approximate surface area is 151 Å². The molecule has 0 unspecified atom stereocenters. The third-order valence-corrected chi connectivity index (χ3v) is 4.98. The van der Waals surface area contributed by atoms with Crippen LogP contribution in [-0.2, 0) is 11.8 Å². The summed E-state index contributed by atoms with van der Waals surface area (Å²) in [5.41, 5.74) is 2.11. The molecule has 2 aromatic rings. The molecule has 0 aliphatic rings. The highest BCUT2D eigenvalue weighted by molar-refractivity contribution is 5.32. The van der Waals surface area contributed by atoms with E-state index in [1.807, 2.05) is 18.3 Å². The van der Waals surface area contributed by atoms with Crippen molar-refractivity contribution in [3.63, 3.8) is 0 Å². The molecule has 1 heterocycles. The van der Waals surface area contributed by atoms with E-state index in [1.54, 1.807) is 12.1 Å². The Morgan fingerprint density at radius 3 is 2.28 bits per heavy atom. The van der Waals surface area contributed by atoms with Crippen molar-refractivity contribution in [3.05, 3.63) is 59.7 Å². The monoisotopic (exact) mass is 343 g/mol. The number of unbranched alkanes of at least 4 members (excludes halogenated alkanes) is 2. The average molecular weight is 343 g/mol. The molecule has 0 spiro atoms. The van der Waals surface area contributed by atoms with Crippen LogP contribution in [-0.4, -0.2) is 12.1 Å². The molecule has 25 heavy (non-hydrogen) atoms. The third kappa shape index (κ3) is 5.04. The Morgan fingerprint density at radius 1 is 1.04 bits per heavy atom. The predicted octanol–water partition coefficient (Wildman–Crippen LogP) is 6.09. The molecule has 1 aromatic carbocycles. The van der Waals surface area contributed by atoms with Gasteiger partial charge in [0.25, 0.3) is 0 Å². The number of ether oxygens (including phenoxy) is 1. The van der Waals surface area contributed by atoms with Gasteiger partial charge in [-0.15, -0.1) is 0 Å².